The Hall–Kier alpha value is -2.19. The second-order valence-corrected chi connectivity index (χ2v) is 5.44. The highest BCUT2D eigenvalue weighted by atomic mass is 32.1. The van der Waals surface area contributed by atoms with E-state index in [-0.39, 0.29) is 0 Å². The Kier molecular flexibility index (Phi) is 4.49. The number of nitrogens with zero attached hydrogens (tertiary/aromatic N) is 1. The molecule has 0 saturated heterocycles. The molecule has 0 bridgehead atoms. The summed E-state index contributed by atoms with van der Waals surface area (Å²) in [5.74, 6) is 0.566. The second kappa shape index (κ2) is 6.31. The van der Waals surface area contributed by atoms with Crippen molar-refractivity contribution in [3.05, 3.63) is 40.3 Å². The van der Waals surface area contributed by atoms with Crippen LogP contribution < -0.4 is 15.8 Å². The van der Waals surface area contributed by atoms with E-state index in [2.05, 4.69) is 30.4 Å². The molecule has 0 atom stereocenters. The van der Waals surface area contributed by atoms with Crippen molar-refractivity contribution in [2.45, 2.75) is 13.3 Å². The number of aryl methyl sites for hydroxylation is 1. The minimum Gasteiger partial charge on any atom is -0.492 e. The average Bonchev–Trinajstić information content (AvgIpc) is 2.76. The van der Waals surface area contributed by atoms with Gasteiger partial charge < -0.3 is 15.8 Å². The number of hydrogen-bond acceptors (Lipinski definition) is 5. The van der Waals surface area contributed by atoms with E-state index in [1.807, 2.05) is 12.1 Å². The number of anilines is 2. The van der Waals surface area contributed by atoms with Crippen LogP contribution in [-0.4, -0.2) is 13.7 Å². The summed E-state index contributed by atoms with van der Waals surface area (Å²) in [6.07, 6.45) is 0.912. The molecule has 0 unspecified atom stereocenters. The summed E-state index contributed by atoms with van der Waals surface area (Å²) in [5, 5.41) is 13.1. The molecule has 2 rings (SSSR count). The van der Waals surface area contributed by atoms with Gasteiger partial charge in [-0.3, -0.25) is 0 Å². The normalized spacial score (nSPS) is 10.1. The molecular weight excluding hydrogens is 270 g/mol. The van der Waals surface area contributed by atoms with Crippen LogP contribution in [0.2, 0.25) is 0 Å². The van der Waals surface area contributed by atoms with Gasteiger partial charge in [0.1, 0.15) is 21.6 Å². The average molecular weight is 287 g/mol. The number of ether oxygens (including phenoxy) is 1. The lowest BCUT2D eigenvalue weighted by Crippen LogP contribution is -2.05. The van der Waals surface area contributed by atoms with Crippen molar-refractivity contribution in [3.8, 4) is 11.8 Å². The number of hydrogen-bond donors (Lipinski definition) is 2. The van der Waals surface area contributed by atoms with Crippen LogP contribution in [0.5, 0.6) is 5.75 Å². The van der Waals surface area contributed by atoms with Crippen molar-refractivity contribution < 1.29 is 4.74 Å². The monoisotopic (exact) mass is 287 g/mol. The molecule has 0 fully saturated rings. The fourth-order valence-corrected chi connectivity index (χ4v) is 2.94. The highest BCUT2D eigenvalue weighted by Gasteiger charge is 2.16. The molecule has 3 N–H and O–H groups in total. The number of nitrogens with two attached hydrogens (primary N) is 1. The van der Waals surface area contributed by atoms with Crippen molar-refractivity contribution >= 4 is 22.0 Å². The standard InChI is InChI=1S/C15H17N3OS/c1-10-5-3-4-6-11(10)7-8-18-15-14(19-2)13(17)12(9-16)20-15/h3-6,18H,7-8,17H2,1-2H3. The van der Waals surface area contributed by atoms with Crippen LogP contribution in [-0.2, 0) is 6.42 Å². The maximum Gasteiger partial charge on any atom is 0.177 e. The van der Waals surface area contributed by atoms with E-state index in [0.717, 1.165) is 18.0 Å². The minimum absolute atomic E-state index is 0.415. The molecular formula is C15H17N3OS. The van der Waals surface area contributed by atoms with Gasteiger partial charge in [0, 0.05) is 6.54 Å². The topological polar surface area (TPSA) is 71.1 Å². The molecule has 1 heterocycles. The Bertz CT molecular complexity index is 643. The molecule has 0 aliphatic heterocycles. The molecule has 1 aromatic carbocycles. The summed E-state index contributed by atoms with van der Waals surface area (Å²) in [4.78, 5) is 0.486. The first-order valence-electron chi connectivity index (χ1n) is 6.32. The van der Waals surface area contributed by atoms with E-state index in [1.165, 1.54) is 22.5 Å². The van der Waals surface area contributed by atoms with E-state index in [0.29, 0.717) is 16.3 Å². The largest absolute Gasteiger partial charge is 0.492 e. The number of benzene rings is 1. The summed E-state index contributed by atoms with van der Waals surface area (Å²) < 4.78 is 5.26. The zero-order chi connectivity index (χ0) is 14.5. The van der Waals surface area contributed by atoms with Crippen molar-refractivity contribution in [1.29, 1.82) is 5.26 Å². The Morgan fingerprint density at radius 2 is 2.15 bits per heavy atom. The third-order valence-corrected chi connectivity index (χ3v) is 4.20. The smallest absolute Gasteiger partial charge is 0.177 e. The lowest BCUT2D eigenvalue weighted by Gasteiger charge is -2.08. The van der Waals surface area contributed by atoms with Gasteiger partial charge >= 0.3 is 0 Å². The lowest BCUT2D eigenvalue weighted by atomic mass is 10.1. The summed E-state index contributed by atoms with van der Waals surface area (Å²) >= 11 is 1.33. The van der Waals surface area contributed by atoms with Crippen molar-refractivity contribution in [3.63, 3.8) is 0 Å². The zero-order valence-electron chi connectivity index (χ0n) is 11.6. The molecule has 0 aliphatic rings. The van der Waals surface area contributed by atoms with E-state index in [1.54, 1.807) is 7.11 Å². The maximum atomic E-state index is 8.99. The van der Waals surface area contributed by atoms with Crippen LogP contribution in [0.3, 0.4) is 0 Å². The first kappa shape index (κ1) is 14.2. The van der Waals surface area contributed by atoms with Crippen LogP contribution >= 0.6 is 11.3 Å². The van der Waals surface area contributed by atoms with Crippen LogP contribution in [0.25, 0.3) is 0 Å². The van der Waals surface area contributed by atoms with E-state index in [9.17, 15) is 0 Å². The molecule has 20 heavy (non-hydrogen) atoms. The van der Waals surface area contributed by atoms with Gasteiger partial charge in [-0.2, -0.15) is 5.26 Å². The van der Waals surface area contributed by atoms with E-state index < -0.39 is 0 Å². The SMILES string of the molecule is COc1c(NCCc2ccccc2C)sc(C#N)c1N. The summed E-state index contributed by atoms with van der Waals surface area (Å²) in [6, 6.07) is 10.4. The number of nitrogen functional groups attached to an aromatic ring is 1. The molecule has 0 aliphatic carbocycles. The Morgan fingerprint density at radius 1 is 1.40 bits per heavy atom. The third kappa shape index (κ3) is 2.86. The number of methoxy groups -OCH3 is 1. The van der Waals surface area contributed by atoms with Gasteiger partial charge in [0.2, 0.25) is 0 Å². The quantitative estimate of drug-likeness (QED) is 0.886. The summed E-state index contributed by atoms with van der Waals surface area (Å²) in [5.41, 5.74) is 8.86. The number of thiophene rings is 1. The third-order valence-electron chi connectivity index (χ3n) is 3.15. The Balaban J connectivity index is 2.05. The highest BCUT2D eigenvalue weighted by molar-refractivity contribution is 7.17. The van der Waals surface area contributed by atoms with E-state index >= 15 is 0 Å². The first-order chi connectivity index (χ1) is 9.67. The number of rotatable bonds is 5. The van der Waals surface area contributed by atoms with Crippen LogP contribution in [0.15, 0.2) is 24.3 Å². The van der Waals surface area contributed by atoms with Gasteiger partial charge in [-0.05, 0) is 24.5 Å². The molecule has 5 heteroatoms. The number of nitrogens with one attached hydrogen (secondary N) is 1. The predicted octanol–water partition coefficient (Wildman–Crippen LogP) is 3.17. The van der Waals surface area contributed by atoms with Crippen LogP contribution in [0, 0.1) is 18.3 Å². The summed E-state index contributed by atoms with van der Waals surface area (Å²) in [6.45, 7) is 2.87. The lowest BCUT2D eigenvalue weighted by molar-refractivity contribution is 0.420. The van der Waals surface area contributed by atoms with Crippen molar-refractivity contribution in [1.82, 2.24) is 0 Å². The van der Waals surface area contributed by atoms with Gasteiger partial charge in [0.15, 0.2) is 5.75 Å². The molecule has 0 saturated carbocycles. The van der Waals surface area contributed by atoms with Gasteiger partial charge in [-0.1, -0.05) is 24.3 Å². The van der Waals surface area contributed by atoms with Gasteiger partial charge in [0.25, 0.3) is 0 Å². The van der Waals surface area contributed by atoms with Gasteiger partial charge in [-0.25, -0.2) is 0 Å². The van der Waals surface area contributed by atoms with Crippen LogP contribution in [0.1, 0.15) is 16.0 Å². The Labute approximate surface area is 122 Å². The van der Waals surface area contributed by atoms with Crippen molar-refractivity contribution in [2.24, 2.45) is 0 Å². The highest BCUT2D eigenvalue weighted by Crippen LogP contribution is 2.41. The predicted molar refractivity (Wildman–Crippen MR) is 83.4 cm³/mol. The number of nitriles is 1. The second-order valence-electron chi connectivity index (χ2n) is 4.42. The molecule has 4 nitrogen and oxygen atoms in total. The van der Waals surface area contributed by atoms with Crippen molar-refractivity contribution in [2.75, 3.05) is 24.7 Å². The fraction of sp³-hybridized carbons (Fsp3) is 0.267. The minimum atomic E-state index is 0.415. The van der Waals surface area contributed by atoms with E-state index in [4.69, 9.17) is 15.7 Å². The molecule has 2 aromatic rings. The van der Waals surface area contributed by atoms with Gasteiger partial charge in [-0.15, -0.1) is 11.3 Å². The fourth-order valence-electron chi connectivity index (χ4n) is 2.03. The first-order valence-corrected chi connectivity index (χ1v) is 7.13. The molecule has 0 amide bonds. The molecule has 104 valence electrons. The van der Waals surface area contributed by atoms with Gasteiger partial charge in [0.05, 0.1) is 7.11 Å². The molecule has 1 aromatic heterocycles. The van der Waals surface area contributed by atoms with Crippen LogP contribution in [0.4, 0.5) is 10.7 Å². The maximum absolute atomic E-state index is 8.99. The molecule has 0 radical (unpaired) electrons. The Morgan fingerprint density at radius 3 is 2.80 bits per heavy atom. The zero-order valence-corrected chi connectivity index (χ0v) is 12.4. The molecule has 0 spiro atoms. The summed E-state index contributed by atoms with van der Waals surface area (Å²) in [7, 11) is 1.56.